The van der Waals surface area contributed by atoms with Crippen LogP contribution in [0.4, 0.5) is 0 Å². The number of aryl methyl sites for hydroxylation is 1. The van der Waals surface area contributed by atoms with Crippen molar-refractivity contribution >= 4 is 21.8 Å². The number of aromatic nitrogens is 1. The van der Waals surface area contributed by atoms with Gasteiger partial charge in [-0.1, -0.05) is 30.3 Å². The van der Waals surface area contributed by atoms with E-state index >= 15 is 0 Å². The zero-order chi connectivity index (χ0) is 24.4. The molecule has 8 heteroatoms. The molecule has 0 aliphatic heterocycles. The van der Waals surface area contributed by atoms with Crippen molar-refractivity contribution in [2.75, 3.05) is 35.5 Å². The highest BCUT2D eigenvalue weighted by Crippen LogP contribution is 2.51. The quantitative estimate of drug-likeness (QED) is 0.359. The zero-order valence-corrected chi connectivity index (χ0v) is 20.1. The van der Waals surface area contributed by atoms with E-state index in [2.05, 4.69) is 0 Å². The first-order chi connectivity index (χ1) is 16.5. The summed E-state index contributed by atoms with van der Waals surface area (Å²) in [6, 6.07) is 13.3. The molecule has 1 heterocycles. The smallest absolute Gasteiger partial charge is 0.209 e. The fourth-order valence-corrected chi connectivity index (χ4v) is 4.30. The summed E-state index contributed by atoms with van der Waals surface area (Å²) in [5, 5.41) is 0.749. The lowest BCUT2D eigenvalue weighted by Gasteiger charge is -2.22. The van der Waals surface area contributed by atoms with Gasteiger partial charge in [-0.05, 0) is 17.7 Å². The van der Waals surface area contributed by atoms with Gasteiger partial charge in [0.2, 0.25) is 16.9 Å². The highest BCUT2D eigenvalue weighted by molar-refractivity contribution is 6.04. The maximum absolute atomic E-state index is 13.8. The zero-order valence-electron chi connectivity index (χ0n) is 20.1. The minimum Gasteiger partial charge on any atom is -0.492 e. The second-order valence-corrected chi connectivity index (χ2v) is 7.51. The summed E-state index contributed by atoms with van der Waals surface area (Å²) in [5.74, 6) is 2.15. The summed E-state index contributed by atoms with van der Waals surface area (Å²) >= 11 is 0. The van der Waals surface area contributed by atoms with Gasteiger partial charge in [0.25, 0.3) is 0 Å². The fraction of sp³-hybridized carbons (Fsp3) is 0.269. The van der Waals surface area contributed by atoms with Crippen LogP contribution in [0, 0.1) is 0 Å². The average molecular weight is 466 g/mol. The van der Waals surface area contributed by atoms with Gasteiger partial charge < -0.3 is 33.0 Å². The van der Waals surface area contributed by atoms with Crippen LogP contribution in [0.25, 0.3) is 21.8 Å². The molecule has 0 amide bonds. The standard InChI is InChI=1S/C26H27NO7/c1-27-19-16(12-13-17(22(19)29-2)34-14-15-10-8-7-9-11-15)21(28)18-20(27)24(31-4)26(33-6)25(32-5)23(18)30-3/h7-13H,14H2,1-6H3. The molecule has 4 rings (SSSR count). The molecule has 0 atom stereocenters. The topological polar surface area (TPSA) is 77.4 Å². The summed E-state index contributed by atoms with van der Waals surface area (Å²) in [6.45, 7) is 0.354. The van der Waals surface area contributed by atoms with E-state index in [1.54, 1.807) is 19.2 Å². The molecule has 0 spiro atoms. The number of methoxy groups -OCH3 is 5. The van der Waals surface area contributed by atoms with Gasteiger partial charge in [-0.25, -0.2) is 0 Å². The number of pyridine rings is 1. The molecule has 0 N–H and O–H groups in total. The second kappa shape index (κ2) is 9.43. The molecular weight excluding hydrogens is 438 g/mol. The van der Waals surface area contributed by atoms with Crippen molar-refractivity contribution in [3.63, 3.8) is 0 Å². The Morgan fingerprint density at radius 2 is 1.26 bits per heavy atom. The van der Waals surface area contributed by atoms with E-state index in [1.807, 2.05) is 41.9 Å². The highest BCUT2D eigenvalue weighted by Gasteiger charge is 2.29. The Morgan fingerprint density at radius 3 is 1.85 bits per heavy atom. The molecule has 0 bridgehead atoms. The lowest BCUT2D eigenvalue weighted by atomic mass is 10.1. The maximum Gasteiger partial charge on any atom is 0.209 e. The Morgan fingerprint density at radius 1 is 0.676 bits per heavy atom. The third-order valence-electron chi connectivity index (χ3n) is 5.79. The molecule has 0 aliphatic carbocycles. The van der Waals surface area contributed by atoms with Crippen molar-refractivity contribution in [3.8, 4) is 34.5 Å². The van der Waals surface area contributed by atoms with Crippen LogP contribution in [-0.4, -0.2) is 40.1 Å². The summed E-state index contributed by atoms with van der Waals surface area (Å²) < 4.78 is 36.1. The van der Waals surface area contributed by atoms with E-state index in [1.165, 1.54) is 28.4 Å². The summed E-state index contributed by atoms with van der Waals surface area (Å²) in [5.41, 5.74) is 1.79. The second-order valence-electron chi connectivity index (χ2n) is 7.51. The average Bonchev–Trinajstić information content (AvgIpc) is 2.88. The van der Waals surface area contributed by atoms with Crippen LogP contribution in [0.2, 0.25) is 0 Å². The van der Waals surface area contributed by atoms with E-state index in [0.717, 1.165) is 5.56 Å². The van der Waals surface area contributed by atoms with Gasteiger partial charge in [0.05, 0.1) is 51.8 Å². The summed E-state index contributed by atoms with van der Waals surface area (Å²) in [7, 11) is 9.34. The molecule has 3 aromatic carbocycles. The highest BCUT2D eigenvalue weighted by atomic mass is 16.5. The van der Waals surface area contributed by atoms with Crippen molar-refractivity contribution < 1.29 is 28.4 Å². The van der Waals surface area contributed by atoms with Crippen molar-refractivity contribution in [1.29, 1.82) is 0 Å². The van der Waals surface area contributed by atoms with Crippen LogP contribution < -0.4 is 33.8 Å². The van der Waals surface area contributed by atoms with E-state index < -0.39 is 0 Å². The van der Waals surface area contributed by atoms with E-state index in [9.17, 15) is 4.79 Å². The van der Waals surface area contributed by atoms with Gasteiger partial charge in [0.15, 0.2) is 23.0 Å². The molecule has 178 valence electrons. The van der Waals surface area contributed by atoms with Gasteiger partial charge in [-0.15, -0.1) is 0 Å². The van der Waals surface area contributed by atoms with Crippen molar-refractivity contribution in [2.45, 2.75) is 6.61 Å². The Balaban J connectivity index is 2.07. The Labute approximate surface area is 197 Å². The molecule has 1 aromatic heterocycles. The largest absolute Gasteiger partial charge is 0.492 e. The summed E-state index contributed by atoms with van der Waals surface area (Å²) in [4.78, 5) is 13.8. The lowest BCUT2D eigenvalue weighted by molar-refractivity contribution is 0.285. The normalized spacial score (nSPS) is 10.9. The van der Waals surface area contributed by atoms with Crippen LogP contribution in [0.15, 0.2) is 47.3 Å². The first-order valence-electron chi connectivity index (χ1n) is 10.6. The number of rotatable bonds is 8. The molecule has 0 unspecified atom stereocenters. The van der Waals surface area contributed by atoms with Gasteiger partial charge in [-0.3, -0.25) is 4.79 Å². The SMILES string of the molecule is COc1c(OC)c(OC)c2c(c1OC)c(=O)c1ccc(OCc3ccccc3)c(OC)c1n2C. The Kier molecular flexibility index (Phi) is 6.40. The fourth-order valence-electron chi connectivity index (χ4n) is 4.30. The first kappa shape index (κ1) is 23.1. The first-order valence-corrected chi connectivity index (χ1v) is 10.6. The molecular formula is C26H27NO7. The lowest BCUT2D eigenvalue weighted by Crippen LogP contribution is -2.14. The van der Waals surface area contributed by atoms with Crippen LogP contribution in [0.1, 0.15) is 5.56 Å². The molecule has 4 aromatic rings. The number of benzene rings is 3. The minimum absolute atomic E-state index is 0.257. The maximum atomic E-state index is 13.8. The third-order valence-corrected chi connectivity index (χ3v) is 5.79. The molecule has 0 saturated carbocycles. The van der Waals surface area contributed by atoms with E-state index in [0.29, 0.717) is 51.4 Å². The minimum atomic E-state index is -0.257. The molecule has 0 radical (unpaired) electrons. The van der Waals surface area contributed by atoms with Crippen LogP contribution in [-0.2, 0) is 13.7 Å². The Bertz CT molecular complexity index is 1410. The molecule has 8 nitrogen and oxygen atoms in total. The van der Waals surface area contributed by atoms with Crippen molar-refractivity contribution in [3.05, 3.63) is 58.3 Å². The monoisotopic (exact) mass is 465 g/mol. The van der Waals surface area contributed by atoms with Crippen molar-refractivity contribution in [2.24, 2.45) is 7.05 Å². The van der Waals surface area contributed by atoms with Crippen LogP contribution in [0.3, 0.4) is 0 Å². The number of fused-ring (bicyclic) bond motifs is 2. The van der Waals surface area contributed by atoms with Gasteiger partial charge >= 0.3 is 0 Å². The van der Waals surface area contributed by atoms with E-state index in [-0.39, 0.29) is 16.9 Å². The molecule has 0 aliphatic rings. The van der Waals surface area contributed by atoms with Gasteiger partial charge in [0, 0.05) is 7.05 Å². The third kappa shape index (κ3) is 3.51. The number of ether oxygens (including phenoxy) is 6. The van der Waals surface area contributed by atoms with Crippen molar-refractivity contribution in [1.82, 2.24) is 4.57 Å². The van der Waals surface area contributed by atoms with Crippen LogP contribution >= 0.6 is 0 Å². The van der Waals surface area contributed by atoms with E-state index in [4.69, 9.17) is 28.4 Å². The van der Waals surface area contributed by atoms with Gasteiger partial charge in [-0.2, -0.15) is 0 Å². The predicted octanol–water partition coefficient (Wildman–Crippen LogP) is 4.31. The number of nitrogens with zero attached hydrogens (tertiary/aromatic N) is 1. The molecule has 0 fully saturated rings. The van der Waals surface area contributed by atoms with Gasteiger partial charge in [0.1, 0.15) is 12.1 Å². The number of hydrogen-bond donors (Lipinski definition) is 0. The number of hydrogen-bond acceptors (Lipinski definition) is 7. The predicted molar refractivity (Wildman–Crippen MR) is 130 cm³/mol. The summed E-state index contributed by atoms with van der Waals surface area (Å²) in [6.07, 6.45) is 0. The Hall–Kier alpha value is -4.07. The molecule has 0 saturated heterocycles. The molecule has 34 heavy (non-hydrogen) atoms. The van der Waals surface area contributed by atoms with Crippen LogP contribution in [0.5, 0.6) is 34.5 Å².